The van der Waals surface area contributed by atoms with E-state index in [0.717, 1.165) is 19.3 Å². The summed E-state index contributed by atoms with van der Waals surface area (Å²) in [5, 5.41) is 2.91. The highest BCUT2D eigenvalue weighted by Gasteiger charge is 2.13. The zero-order chi connectivity index (χ0) is 13.3. The van der Waals surface area contributed by atoms with Crippen molar-refractivity contribution in [1.82, 2.24) is 5.32 Å². The first kappa shape index (κ1) is 16.4. The zero-order valence-corrected chi connectivity index (χ0v) is 11.7. The summed E-state index contributed by atoms with van der Waals surface area (Å²) in [4.78, 5) is 11.7. The smallest absolute Gasteiger partial charge is 0.222 e. The molecular formula is C13H28N2O2. The minimum atomic E-state index is 0.0579. The highest BCUT2D eigenvalue weighted by atomic mass is 16.5. The summed E-state index contributed by atoms with van der Waals surface area (Å²) in [7, 11) is 0. The van der Waals surface area contributed by atoms with E-state index in [1.54, 1.807) is 0 Å². The van der Waals surface area contributed by atoms with E-state index in [4.69, 9.17) is 10.5 Å². The number of ether oxygens (including phenoxy) is 1. The van der Waals surface area contributed by atoms with Crippen molar-refractivity contribution in [3.63, 3.8) is 0 Å². The van der Waals surface area contributed by atoms with Gasteiger partial charge in [-0.3, -0.25) is 4.79 Å². The SMILES string of the molecule is CCOC(C)CNC(=O)C(C)CCCC(C)N. The lowest BCUT2D eigenvalue weighted by Gasteiger charge is -2.16. The molecule has 3 N–H and O–H groups in total. The van der Waals surface area contributed by atoms with Gasteiger partial charge in [0.1, 0.15) is 0 Å². The fourth-order valence-electron chi connectivity index (χ4n) is 1.64. The Morgan fingerprint density at radius 1 is 1.29 bits per heavy atom. The van der Waals surface area contributed by atoms with Gasteiger partial charge in [-0.25, -0.2) is 0 Å². The Morgan fingerprint density at radius 3 is 2.47 bits per heavy atom. The number of hydrogen-bond donors (Lipinski definition) is 2. The molecule has 0 aromatic heterocycles. The maximum absolute atomic E-state index is 11.7. The van der Waals surface area contributed by atoms with Crippen LogP contribution in [0.4, 0.5) is 0 Å². The van der Waals surface area contributed by atoms with Crippen molar-refractivity contribution < 1.29 is 9.53 Å². The van der Waals surface area contributed by atoms with Gasteiger partial charge in [0, 0.05) is 25.1 Å². The first-order valence-corrected chi connectivity index (χ1v) is 6.62. The van der Waals surface area contributed by atoms with Crippen molar-refractivity contribution in [2.24, 2.45) is 11.7 Å². The normalized spacial score (nSPS) is 16.3. The van der Waals surface area contributed by atoms with Crippen LogP contribution < -0.4 is 11.1 Å². The van der Waals surface area contributed by atoms with Gasteiger partial charge in [0.15, 0.2) is 0 Å². The molecule has 3 unspecified atom stereocenters. The van der Waals surface area contributed by atoms with Gasteiger partial charge in [0.2, 0.25) is 5.91 Å². The fraction of sp³-hybridized carbons (Fsp3) is 0.923. The molecule has 17 heavy (non-hydrogen) atoms. The van der Waals surface area contributed by atoms with E-state index < -0.39 is 0 Å². The second-order valence-electron chi connectivity index (χ2n) is 4.82. The van der Waals surface area contributed by atoms with Crippen LogP contribution in [0, 0.1) is 5.92 Å². The van der Waals surface area contributed by atoms with Crippen LogP contribution in [0.5, 0.6) is 0 Å². The molecule has 0 aromatic rings. The molecule has 0 aromatic carbocycles. The van der Waals surface area contributed by atoms with E-state index in [1.807, 2.05) is 27.7 Å². The molecule has 0 bridgehead atoms. The van der Waals surface area contributed by atoms with Gasteiger partial charge in [-0.05, 0) is 33.6 Å². The van der Waals surface area contributed by atoms with Gasteiger partial charge in [0.25, 0.3) is 0 Å². The van der Waals surface area contributed by atoms with Crippen molar-refractivity contribution in [2.75, 3.05) is 13.2 Å². The molecule has 0 aliphatic rings. The Balaban J connectivity index is 3.67. The average molecular weight is 244 g/mol. The largest absolute Gasteiger partial charge is 0.377 e. The van der Waals surface area contributed by atoms with E-state index >= 15 is 0 Å². The maximum Gasteiger partial charge on any atom is 0.222 e. The van der Waals surface area contributed by atoms with Gasteiger partial charge < -0.3 is 15.8 Å². The van der Waals surface area contributed by atoms with Crippen LogP contribution in [0.3, 0.4) is 0 Å². The molecule has 0 fully saturated rings. The Morgan fingerprint density at radius 2 is 1.94 bits per heavy atom. The van der Waals surface area contributed by atoms with E-state index in [2.05, 4.69) is 5.32 Å². The summed E-state index contributed by atoms with van der Waals surface area (Å²) in [6.07, 6.45) is 2.97. The lowest BCUT2D eigenvalue weighted by Crippen LogP contribution is -2.35. The number of nitrogens with two attached hydrogens (primary N) is 1. The lowest BCUT2D eigenvalue weighted by atomic mass is 10.0. The second-order valence-corrected chi connectivity index (χ2v) is 4.82. The van der Waals surface area contributed by atoms with Crippen molar-refractivity contribution in [3.05, 3.63) is 0 Å². The Hall–Kier alpha value is -0.610. The Kier molecular flexibility index (Phi) is 9.09. The fourth-order valence-corrected chi connectivity index (χ4v) is 1.64. The van der Waals surface area contributed by atoms with E-state index in [1.165, 1.54) is 0 Å². The zero-order valence-electron chi connectivity index (χ0n) is 11.7. The highest BCUT2D eigenvalue weighted by molar-refractivity contribution is 5.78. The molecule has 0 radical (unpaired) electrons. The van der Waals surface area contributed by atoms with E-state index in [0.29, 0.717) is 13.2 Å². The average Bonchev–Trinajstić information content (AvgIpc) is 2.25. The highest BCUT2D eigenvalue weighted by Crippen LogP contribution is 2.09. The molecule has 0 aliphatic heterocycles. The summed E-state index contributed by atoms with van der Waals surface area (Å²) in [6.45, 7) is 9.14. The molecule has 0 saturated carbocycles. The standard InChI is InChI=1S/C13H28N2O2/c1-5-17-12(4)9-15-13(16)10(2)7-6-8-11(3)14/h10-12H,5-9,14H2,1-4H3,(H,15,16). The van der Waals surface area contributed by atoms with Crippen molar-refractivity contribution in [2.45, 2.75) is 59.1 Å². The molecule has 0 saturated heterocycles. The summed E-state index contributed by atoms with van der Waals surface area (Å²) in [5.74, 6) is 0.170. The first-order valence-electron chi connectivity index (χ1n) is 6.62. The molecule has 1 amide bonds. The number of nitrogens with one attached hydrogen (secondary N) is 1. The predicted molar refractivity (Wildman–Crippen MR) is 70.8 cm³/mol. The van der Waals surface area contributed by atoms with Crippen LogP contribution >= 0.6 is 0 Å². The molecule has 102 valence electrons. The topological polar surface area (TPSA) is 64.3 Å². The Labute approximate surface area is 105 Å². The summed E-state index contributed by atoms with van der Waals surface area (Å²) < 4.78 is 5.35. The lowest BCUT2D eigenvalue weighted by molar-refractivity contribution is -0.125. The predicted octanol–water partition coefficient (Wildman–Crippen LogP) is 1.68. The third-order valence-corrected chi connectivity index (χ3v) is 2.76. The van der Waals surface area contributed by atoms with E-state index in [9.17, 15) is 4.79 Å². The van der Waals surface area contributed by atoms with Crippen LogP contribution in [0.1, 0.15) is 47.0 Å². The third kappa shape index (κ3) is 9.12. The minimum absolute atomic E-state index is 0.0579. The molecule has 4 heteroatoms. The Bertz CT molecular complexity index is 208. The second kappa shape index (κ2) is 9.42. The molecule has 4 nitrogen and oxygen atoms in total. The van der Waals surface area contributed by atoms with Crippen LogP contribution in [-0.4, -0.2) is 31.2 Å². The number of carbonyl (C=O) groups excluding carboxylic acids is 1. The van der Waals surface area contributed by atoms with Gasteiger partial charge in [-0.1, -0.05) is 13.3 Å². The molecule has 0 rings (SSSR count). The van der Waals surface area contributed by atoms with Gasteiger partial charge in [-0.2, -0.15) is 0 Å². The third-order valence-electron chi connectivity index (χ3n) is 2.76. The molecular weight excluding hydrogens is 216 g/mol. The monoisotopic (exact) mass is 244 g/mol. The minimum Gasteiger partial charge on any atom is -0.377 e. The van der Waals surface area contributed by atoms with Crippen LogP contribution in [-0.2, 0) is 9.53 Å². The van der Waals surface area contributed by atoms with Gasteiger partial charge >= 0.3 is 0 Å². The first-order chi connectivity index (χ1) is 7.97. The maximum atomic E-state index is 11.7. The quantitative estimate of drug-likeness (QED) is 0.648. The van der Waals surface area contributed by atoms with E-state index in [-0.39, 0.29) is 24.0 Å². The molecule has 0 spiro atoms. The number of amides is 1. The molecule has 0 aliphatic carbocycles. The van der Waals surface area contributed by atoms with Gasteiger partial charge in [-0.15, -0.1) is 0 Å². The number of rotatable bonds is 9. The number of carbonyl (C=O) groups is 1. The summed E-state index contributed by atoms with van der Waals surface area (Å²) >= 11 is 0. The van der Waals surface area contributed by atoms with Crippen LogP contribution in [0.25, 0.3) is 0 Å². The molecule has 0 heterocycles. The van der Waals surface area contributed by atoms with Crippen LogP contribution in [0.15, 0.2) is 0 Å². The van der Waals surface area contributed by atoms with Crippen LogP contribution in [0.2, 0.25) is 0 Å². The summed E-state index contributed by atoms with van der Waals surface area (Å²) in [5.41, 5.74) is 5.67. The van der Waals surface area contributed by atoms with Gasteiger partial charge in [0.05, 0.1) is 6.10 Å². The summed E-state index contributed by atoms with van der Waals surface area (Å²) in [6, 6.07) is 0.225. The van der Waals surface area contributed by atoms with Crippen molar-refractivity contribution in [3.8, 4) is 0 Å². The van der Waals surface area contributed by atoms with Crippen molar-refractivity contribution >= 4 is 5.91 Å². The van der Waals surface area contributed by atoms with Crippen molar-refractivity contribution in [1.29, 1.82) is 0 Å². The molecule has 3 atom stereocenters. The number of hydrogen-bond acceptors (Lipinski definition) is 3.